The summed E-state index contributed by atoms with van der Waals surface area (Å²) < 4.78 is 5.12. The molecule has 1 amide bonds. The minimum atomic E-state index is -0.771. The summed E-state index contributed by atoms with van der Waals surface area (Å²) in [6.45, 7) is 1.82. The van der Waals surface area contributed by atoms with Gasteiger partial charge in [-0.1, -0.05) is 42.0 Å². The predicted octanol–water partition coefficient (Wildman–Crippen LogP) is 4.27. The van der Waals surface area contributed by atoms with E-state index in [1.807, 2.05) is 19.1 Å². The van der Waals surface area contributed by atoms with Crippen LogP contribution in [0.25, 0.3) is 0 Å². The molecule has 30 heavy (non-hydrogen) atoms. The zero-order valence-electron chi connectivity index (χ0n) is 15.6. The zero-order valence-corrected chi connectivity index (χ0v) is 17.2. The highest BCUT2D eigenvalue weighted by molar-refractivity contribution is 7.13. The van der Waals surface area contributed by atoms with Gasteiger partial charge in [0.15, 0.2) is 5.01 Å². The molecule has 3 rings (SSSR count). The molecule has 0 aliphatic heterocycles. The number of carbonyl (C=O) groups is 2. The smallest absolute Gasteiger partial charge is 0.340 e. The van der Waals surface area contributed by atoms with Gasteiger partial charge in [0.2, 0.25) is 5.01 Å². The highest BCUT2D eigenvalue weighted by atomic mass is 35.5. The Morgan fingerprint density at radius 1 is 1.20 bits per heavy atom. The fourth-order valence-electron chi connectivity index (χ4n) is 2.40. The first kappa shape index (κ1) is 21.3. The average molecular weight is 447 g/mol. The molecule has 154 valence electrons. The van der Waals surface area contributed by atoms with Gasteiger partial charge in [-0.25, -0.2) is 4.79 Å². The monoisotopic (exact) mass is 446 g/mol. The van der Waals surface area contributed by atoms with Gasteiger partial charge in [0, 0.05) is 17.8 Å². The van der Waals surface area contributed by atoms with Crippen molar-refractivity contribution in [1.82, 2.24) is 10.2 Å². The minimum Gasteiger partial charge on any atom is -0.455 e. The average Bonchev–Trinajstić information content (AvgIpc) is 3.21. The Morgan fingerprint density at radius 2 is 1.93 bits per heavy atom. The van der Waals surface area contributed by atoms with E-state index in [0.29, 0.717) is 10.7 Å². The Morgan fingerprint density at radius 3 is 2.57 bits per heavy atom. The number of rotatable bonds is 7. The molecule has 1 aromatic heterocycles. The second-order valence-electron chi connectivity index (χ2n) is 6.00. The van der Waals surface area contributed by atoms with Gasteiger partial charge in [0.05, 0.1) is 15.5 Å². The van der Waals surface area contributed by atoms with Crippen LogP contribution in [0.2, 0.25) is 5.02 Å². The highest BCUT2D eigenvalue weighted by Crippen LogP contribution is 2.24. The fraction of sp³-hybridized carbons (Fsp3) is 0.158. The zero-order chi connectivity index (χ0) is 21.7. The van der Waals surface area contributed by atoms with Crippen molar-refractivity contribution in [2.75, 3.05) is 5.32 Å². The maximum Gasteiger partial charge on any atom is 0.340 e. The predicted molar refractivity (Wildman–Crippen MR) is 111 cm³/mol. The number of ether oxygens (including phenoxy) is 1. The Bertz CT molecular complexity index is 1100. The van der Waals surface area contributed by atoms with Crippen LogP contribution < -0.4 is 5.32 Å². The lowest BCUT2D eigenvalue weighted by atomic mass is 10.1. The van der Waals surface area contributed by atoms with E-state index in [4.69, 9.17) is 16.3 Å². The van der Waals surface area contributed by atoms with Gasteiger partial charge in [-0.15, -0.1) is 10.2 Å². The van der Waals surface area contributed by atoms with E-state index in [0.717, 1.165) is 35.5 Å². The van der Waals surface area contributed by atoms with Crippen molar-refractivity contribution in [2.24, 2.45) is 0 Å². The maximum atomic E-state index is 12.3. The lowest BCUT2D eigenvalue weighted by Gasteiger charge is -2.04. The minimum absolute atomic E-state index is 0.0136. The van der Waals surface area contributed by atoms with Gasteiger partial charge < -0.3 is 10.1 Å². The van der Waals surface area contributed by atoms with E-state index in [2.05, 4.69) is 15.5 Å². The van der Waals surface area contributed by atoms with Crippen LogP contribution in [0, 0.1) is 10.1 Å². The summed E-state index contributed by atoms with van der Waals surface area (Å²) >= 11 is 6.89. The molecule has 0 atom stereocenters. The molecule has 0 aliphatic carbocycles. The third-order valence-corrected chi connectivity index (χ3v) is 5.20. The summed E-state index contributed by atoms with van der Waals surface area (Å²) in [6, 6.07) is 10.9. The quantitative estimate of drug-likeness (QED) is 0.326. The third kappa shape index (κ3) is 5.16. The molecule has 0 saturated heterocycles. The van der Waals surface area contributed by atoms with Gasteiger partial charge >= 0.3 is 5.97 Å². The molecular formula is C19H15ClN4O5S. The molecule has 0 radical (unpaired) electrons. The Balaban J connectivity index is 1.59. The Labute approximate surface area is 179 Å². The normalized spacial score (nSPS) is 10.5. The summed E-state index contributed by atoms with van der Waals surface area (Å²) in [5, 5.41) is 21.4. The molecule has 1 N–H and O–H groups in total. The molecule has 2 aromatic carbocycles. The van der Waals surface area contributed by atoms with Crippen LogP contribution in [0.15, 0.2) is 42.5 Å². The van der Waals surface area contributed by atoms with E-state index in [9.17, 15) is 19.7 Å². The number of nitro groups is 1. The van der Waals surface area contributed by atoms with Crippen LogP contribution in [-0.4, -0.2) is 27.0 Å². The number of non-ortho nitro benzene ring substituents is 1. The summed E-state index contributed by atoms with van der Waals surface area (Å²) in [5.41, 5.74) is 1.54. The van der Waals surface area contributed by atoms with Crippen molar-refractivity contribution < 1.29 is 19.2 Å². The molecule has 0 unspecified atom stereocenters. The Hall–Kier alpha value is -3.37. The number of aryl methyl sites for hydroxylation is 1. The second kappa shape index (κ2) is 9.42. The fourth-order valence-corrected chi connectivity index (χ4v) is 3.30. The Kier molecular flexibility index (Phi) is 6.70. The van der Waals surface area contributed by atoms with Gasteiger partial charge in [-0.05, 0) is 30.2 Å². The first-order chi connectivity index (χ1) is 14.4. The summed E-state index contributed by atoms with van der Waals surface area (Å²) in [5.74, 6) is -1.19. The number of halogens is 1. The molecule has 0 saturated carbocycles. The molecule has 11 heteroatoms. The molecule has 0 fully saturated rings. The van der Waals surface area contributed by atoms with E-state index in [-0.39, 0.29) is 27.9 Å². The number of anilines is 1. The van der Waals surface area contributed by atoms with Crippen LogP contribution in [0.1, 0.15) is 37.7 Å². The van der Waals surface area contributed by atoms with Crippen LogP contribution in [0.3, 0.4) is 0 Å². The summed E-state index contributed by atoms with van der Waals surface area (Å²) in [4.78, 5) is 34.6. The number of hydrogen-bond acceptors (Lipinski definition) is 8. The second-order valence-corrected chi connectivity index (χ2v) is 7.47. The number of esters is 1. The van der Waals surface area contributed by atoms with Crippen LogP contribution >= 0.6 is 22.9 Å². The van der Waals surface area contributed by atoms with Gasteiger partial charge in [0.25, 0.3) is 11.6 Å². The van der Waals surface area contributed by atoms with Crippen molar-refractivity contribution in [3.05, 3.63) is 78.7 Å². The highest BCUT2D eigenvalue weighted by Gasteiger charge is 2.18. The van der Waals surface area contributed by atoms with E-state index < -0.39 is 16.8 Å². The number of carbonyl (C=O) groups excluding carboxylic acids is 2. The standard InChI is InChI=1S/C19H15ClN4O5S/c1-2-11-3-5-12(6-4-11)21-17(25)18-23-22-16(30-18)10-29-19(26)14-8-7-13(24(27)28)9-15(14)20/h3-9H,2,10H2,1H3,(H,21,25). The van der Waals surface area contributed by atoms with Gasteiger partial charge in [-0.2, -0.15) is 0 Å². The van der Waals surface area contributed by atoms with Crippen molar-refractivity contribution in [1.29, 1.82) is 0 Å². The maximum absolute atomic E-state index is 12.3. The number of amides is 1. The topological polar surface area (TPSA) is 124 Å². The van der Waals surface area contributed by atoms with Crippen LogP contribution in [0.5, 0.6) is 0 Å². The first-order valence-electron chi connectivity index (χ1n) is 8.71. The molecule has 3 aromatic rings. The van der Waals surface area contributed by atoms with Crippen molar-refractivity contribution in [3.63, 3.8) is 0 Å². The number of nitrogens with one attached hydrogen (secondary N) is 1. The molecule has 0 bridgehead atoms. The molecule has 0 spiro atoms. The largest absolute Gasteiger partial charge is 0.455 e. The van der Waals surface area contributed by atoms with Crippen molar-refractivity contribution >= 4 is 46.2 Å². The lowest BCUT2D eigenvalue weighted by Crippen LogP contribution is -2.11. The number of hydrogen-bond donors (Lipinski definition) is 1. The van der Waals surface area contributed by atoms with E-state index >= 15 is 0 Å². The molecule has 1 heterocycles. The van der Waals surface area contributed by atoms with Gasteiger partial charge in [0.1, 0.15) is 6.61 Å². The van der Waals surface area contributed by atoms with Crippen molar-refractivity contribution in [3.8, 4) is 0 Å². The van der Waals surface area contributed by atoms with E-state index in [1.165, 1.54) is 6.07 Å². The van der Waals surface area contributed by atoms with Crippen LogP contribution in [-0.2, 0) is 17.8 Å². The molecule has 9 nitrogen and oxygen atoms in total. The van der Waals surface area contributed by atoms with E-state index in [1.54, 1.807) is 12.1 Å². The summed E-state index contributed by atoms with van der Waals surface area (Å²) in [7, 11) is 0. The van der Waals surface area contributed by atoms with Crippen molar-refractivity contribution in [2.45, 2.75) is 20.0 Å². The SMILES string of the molecule is CCc1ccc(NC(=O)c2nnc(COC(=O)c3ccc([N+](=O)[O-])cc3Cl)s2)cc1. The van der Waals surface area contributed by atoms with Gasteiger partial charge in [-0.3, -0.25) is 14.9 Å². The number of benzene rings is 2. The summed E-state index contributed by atoms with van der Waals surface area (Å²) in [6.07, 6.45) is 0.901. The van der Waals surface area contributed by atoms with Crippen LogP contribution in [0.4, 0.5) is 11.4 Å². The first-order valence-corrected chi connectivity index (χ1v) is 9.90. The number of aromatic nitrogens is 2. The molecular weight excluding hydrogens is 432 g/mol. The third-order valence-electron chi connectivity index (χ3n) is 3.99. The number of nitro benzene ring substituents is 1. The number of nitrogens with zero attached hydrogens (tertiary/aromatic N) is 3. The lowest BCUT2D eigenvalue weighted by molar-refractivity contribution is -0.384. The molecule has 0 aliphatic rings.